The van der Waals surface area contributed by atoms with Crippen LogP contribution in [0.15, 0.2) is 36.7 Å². The molecule has 1 aromatic heterocycles. The Kier molecular flexibility index (Phi) is 4.81. The first-order valence-electron chi connectivity index (χ1n) is 6.74. The monoisotopic (exact) mass is 288 g/mol. The molecule has 0 spiro atoms. The number of hydrogen-bond acceptors (Lipinski definition) is 4. The Morgan fingerprint density at radius 2 is 1.95 bits per heavy atom. The number of carbonyl (C=O) groups is 1. The highest BCUT2D eigenvalue weighted by molar-refractivity contribution is 5.92. The van der Waals surface area contributed by atoms with Crippen LogP contribution in [0.3, 0.4) is 0 Å². The molecule has 1 unspecified atom stereocenters. The Morgan fingerprint density at radius 1 is 1.24 bits per heavy atom. The molecule has 0 aliphatic heterocycles. The normalized spacial score (nSPS) is 11.8. The molecule has 0 aliphatic rings. The van der Waals surface area contributed by atoms with Crippen molar-refractivity contribution in [3.63, 3.8) is 0 Å². The van der Waals surface area contributed by atoms with Crippen molar-refractivity contribution in [2.75, 3.05) is 5.32 Å². The number of aromatic nitrogens is 2. The highest BCUT2D eigenvalue weighted by Gasteiger charge is 2.10. The van der Waals surface area contributed by atoms with Gasteiger partial charge in [-0.05, 0) is 37.6 Å². The number of anilines is 2. The maximum atomic E-state index is 12.8. The molecule has 2 rings (SSSR count). The van der Waals surface area contributed by atoms with Crippen LogP contribution in [0.5, 0.6) is 0 Å². The van der Waals surface area contributed by atoms with Gasteiger partial charge in [0.05, 0.1) is 12.4 Å². The van der Waals surface area contributed by atoms with E-state index in [0.717, 1.165) is 6.42 Å². The van der Waals surface area contributed by atoms with Gasteiger partial charge >= 0.3 is 0 Å². The topological polar surface area (TPSA) is 66.9 Å². The Hall–Kier alpha value is -2.50. The van der Waals surface area contributed by atoms with Crippen LogP contribution >= 0.6 is 0 Å². The minimum absolute atomic E-state index is 0.0938. The second-order valence-electron chi connectivity index (χ2n) is 4.70. The van der Waals surface area contributed by atoms with E-state index in [1.54, 1.807) is 12.1 Å². The number of hydrogen-bond donors (Lipinski definition) is 2. The largest absolute Gasteiger partial charge is 0.348 e. The van der Waals surface area contributed by atoms with Crippen LogP contribution < -0.4 is 10.6 Å². The highest BCUT2D eigenvalue weighted by Crippen LogP contribution is 2.14. The van der Waals surface area contributed by atoms with Gasteiger partial charge in [-0.15, -0.1) is 0 Å². The summed E-state index contributed by atoms with van der Waals surface area (Å²) in [6.45, 7) is 3.92. The maximum absolute atomic E-state index is 12.8. The number of carbonyl (C=O) groups excluding carboxylic acids is 1. The first kappa shape index (κ1) is 14.9. The molecule has 2 aromatic rings. The minimum Gasteiger partial charge on any atom is -0.348 e. The summed E-state index contributed by atoms with van der Waals surface area (Å²) in [5, 5.41) is 5.79. The summed E-state index contributed by atoms with van der Waals surface area (Å²) in [4.78, 5) is 20.0. The van der Waals surface area contributed by atoms with Crippen LogP contribution in [0, 0.1) is 5.82 Å². The fourth-order valence-electron chi connectivity index (χ4n) is 1.59. The molecule has 0 saturated carbocycles. The molecule has 0 aliphatic carbocycles. The van der Waals surface area contributed by atoms with Crippen molar-refractivity contribution in [3.8, 4) is 0 Å². The van der Waals surface area contributed by atoms with Gasteiger partial charge in [0.2, 0.25) is 0 Å². The zero-order valence-electron chi connectivity index (χ0n) is 11.9. The van der Waals surface area contributed by atoms with Crippen LogP contribution in [-0.2, 0) is 0 Å². The number of benzene rings is 1. The summed E-state index contributed by atoms with van der Waals surface area (Å²) < 4.78 is 12.8. The van der Waals surface area contributed by atoms with Gasteiger partial charge in [0.15, 0.2) is 0 Å². The first-order valence-corrected chi connectivity index (χ1v) is 6.74. The van der Waals surface area contributed by atoms with Gasteiger partial charge in [0, 0.05) is 11.7 Å². The van der Waals surface area contributed by atoms with Crippen molar-refractivity contribution in [2.24, 2.45) is 0 Å². The van der Waals surface area contributed by atoms with Crippen LogP contribution in [0.2, 0.25) is 0 Å². The van der Waals surface area contributed by atoms with E-state index in [0.29, 0.717) is 11.5 Å². The zero-order valence-corrected chi connectivity index (χ0v) is 11.9. The van der Waals surface area contributed by atoms with Gasteiger partial charge < -0.3 is 10.6 Å². The summed E-state index contributed by atoms with van der Waals surface area (Å²) >= 11 is 0. The molecule has 5 nitrogen and oxygen atoms in total. The third kappa shape index (κ3) is 4.24. The van der Waals surface area contributed by atoms with E-state index in [4.69, 9.17) is 0 Å². The minimum atomic E-state index is -0.302. The predicted molar refractivity (Wildman–Crippen MR) is 78.9 cm³/mol. The second kappa shape index (κ2) is 6.78. The van der Waals surface area contributed by atoms with Gasteiger partial charge in [-0.2, -0.15) is 0 Å². The summed E-state index contributed by atoms with van der Waals surface area (Å²) in [5.74, 6) is -0.0597. The van der Waals surface area contributed by atoms with E-state index in [-0.39, 0.29) is 23.5 Å². The lowest BCUT2D eigenvalue weighted by Crippen LogP contribution is -2.32. The van der Waals surface area contributed by atoms with Crippen molar-refractivity contribution in [1.82, 2.24) is 15.3 Å². The van der Waals surface area contributed by atoms with Crippen LogP contribution in [0.25, 0.3) is 0 Å². The molecule has 0 radical (unpaired) electrons. The fraction of sp³-hybridized carbons (Fsp3) is 0.267. The molecule has 21 heavy (non-hydrogen) atoms. The molecule has 0 saturated heterocycles. The van der Waals surface area contributed by atoms with E-state index >= 15 is 0 Å². The lowest BCUT2D eigenvalue weighted by atomic mass is 10.2. The third-order valence-electron chi connectivity index (χ3n) is 2.99. The van der Waals surface area contributed by atoms with Gasteiger partial charge in [-0.1, -0.05) is 6.92 Å². The summed E-state index contributed by atoms with van der Waals surface area (Å²) in [6.07, 6.45) is 3.72. The van der Waals surface area contributed by atoms with Crippen LogP contribution in [0.1, 0.15) is 30.8 Å². The standard InChI is InChI=1S/C15H17FN4O/c1-3-10(2)19-15(21)13-8-18-14(9-17-13)20-12-6-4-11(16)5-7-12/h4-10H,3H2,1-2H3,(H,18,20)(H,19,21). The highest BCUT2D eigenvalue weighted by atomic mass is 19.1. The molecule has 2 N–H and O–H groups in total. The summed E-state index contributed by atoms with van der Waals surface area (Å²) in [5.41, 5.74) is 0.961. The van der Waals surface area contributed by atoms with Crippen molar-refractivity contribution in [3.05, 3.63) is 48.2 Å². The van der Waals surface area contributed by atoms with Gasteiger partial charge in [0.1, 0.15) is 17.3 Å². The van der Waals surface area contributed by atoms with E-state index in [1.807, 2.05) is 13.8 Å². The SMILES string of the molecule is CCC(C)NC(=O)c1cnc(Nc2ccc(F)cc2)cn1. The smallest absolute Gasteiger partial charge is 0.271 e. The average molecular weight is 288 g/mol. The average Bonchev–Trinajstić information content (AvgIpc) is 2.50. The molecule has 0 bridgehead atoms. The molecule has 1 amide bonds. The van der Waals surface area contributed by atoms with E-state index < -0.39 is 0 Å². The number of rotatable bonds is 5. The Balaban J connectivity index is 2.01. The Labute approximate surface area is 122 Å². The van der Waals surface area contributed by atoms with E-state index in [2.05, 4.69) is 20.6 Å². The second-order valence-corrected chi connectivity index (χ2v) is 4.70. The van der Waals surface area contributed by atoms with Gasteiger partial charge in [-0.25, -0.2) is 14.4 Å². The molecule has 110 valence electrons. The van der Waals surface area contributed by atoms with Gasteiger partial charge in [-0.3, -0.25) is 4.79 Å². The Morgan fingerprint density at radius 3 is 2.52 bits per heavy atom. The van der Waals surface area contributed by atoms with Gasteiger partial charge in [0.25, 0.3) is 5.91 Å². The number of amides is 1. The van der Waals surface area contributed by atoms with Crippen molar-refractivity contribution in [2.45, 2.75) is 26.3 Å². The molecule has 0 fully saturated rings. The lowest BCUT2D eigenvalue weighted by molar-refractivity contribution is 0.0934. The molecular formula is C15H17FN4O. The molecule has 6 heteroatoms. The molecular weight excluding hydrogens is 271 g/mol. The fourth-order valence-corrected chi connectivity index (χ4v) is 1.59. The zero-order chi connectivity index (χ0) is 15.2. The summed E-state index contributed by atoms with van der Waals surface area (Å²) in [6, 6.07) is 5.99. The third-order valence-corrected chi connectivity index (χ3v) is 2.99. The first-order chi connectivity index (χ1) is 10.1. The van der Waals surface area contributed by atoms with E-state index in [9.17, 15) is 9.18 Å². The quantitative estimate of drug-likeness (QED) is 0.887. The number of halogens is 1. The van der Waals surface area contributed by atoms with Crippen molar-refractivity contribution in [1.29, 1.82) is 0 Å². The Bertz CT molecular complexity index is 598. The van der Waals surface area contributed by atoms with E-state index in [1.165, 1.54) is 24.5 Å². The number of nitrogens with one attached hydrogen (secondary N) is 2. The summed E-state index contributed by atoms with van der Waals surface area (Å²) in [7, 11) is 0. The predicted octanol–water partition coefficient (Wildman–Crippen LogP) is 2.89. The molecule has 1 atom stereocenters. The van der Waals surface area contributed by atoms with Crippen LogP contribution in [-0.4, -0.2) is 21.9 Å². The van der Waals surface area contributed by atoms with Crippen LogP contribution in [0.4, 0.5) is 15.9 Å². The molecule has 1 aromatic carbocycles. The number of nitrogens with zero attached hydrogens (tertiary/aromatic N) is 2. The van der Waals surface area contributed by atoms with Crippen molar-refractivity contribution < 1.29 is 9.18 Å². The van der Waals surface area contributed by atoms with Crippen molar-refractivity contribution >= 4 is 17.4 Å². The lowest BCUT2D eigenvalue weighted by Gasteiger charge is -2.11. The molecule has 1 heterocycles. The maximum Gasteiger partial charge on any atom is 0.271 e.